The molecule has 1 aromatic heterocycles. The van der Waals surface area contributed by atoms with Crippen molar-refractivity contribution in [3.8, 4) is 0 Å². The summed E-state index contributed by atoms with van der Waals surface area (Å²) in [5.41, 5.74) is 2.28. The lowest BCUT2D eigenvalue weighted by molar-refractivity contribution is 0.111. The number of benzene rings is 1. The molecule has 0 radical (unpaired) electrons. The SMILES string of the molecule is O[C@H]1CC[C@H](n2c(=S)[nH]c3ccccc32)CC1. The molecule has 3 rings (SSSR count). The summed E-state index contributed by atoms with van der Waals surface area (Å²) in [7, 11) is 0. The van der Waals surface area contributed by atoms with Crippen LogP contribution in [0.15, 0.2) is 24.3 Å². The molecule has 0 atom stereocenters. The van der Waals surface area contributed by atoms with Gasteiger partial charge in [-0.3, -0.25) is 0 Å². The van der Waals surface area contributed by atoms with Gasteiger partial charge in [0.1, 0.15) is 0 Å². The van der Waals surface area contributed by atoms with Crippen molar-refractivity contribution >= 4 is 23.3 Å². The Morgan fingerprint density at radius 1 is 1.18 bits per heavy atom. The highest BCUT2D eigenvalue weighted by Gasteiger charge is 2.22. The summed E-state index contributed by atoms with van der Waals surface area (Å²) in [5.74, 6) is 0. The first-order valence-electron chi connectivity index (χ1n) is 6.13. The predicted octanol–water partition coefficient (Wildman–Crippen LogP) is 3.17. The van der Waals surface area contributed by atoms with Crippen molar-refractivity contribution in [1.29, 1.82) is 0 Å². The molecule has 3 nitrogen and oxygen atoms in total. The molecule has 1 aliphatic carbocycles. The van der Waals surface area contributed by atoms with E-state index in [0.717, 1.165) is 36.0 Å². The standard InChI is InChI=1S/C13H16N2OS/c16-10-7-5-9(6-8-10)15-12-4-2-1-3-11(12)14-13(15)17/h1-4,9-10,16H,5-8H2,(H,14,17)/t9-,10-. The Hall–Kier alpha value is -1.13. The highest BCUT2D eigenvalue weighted by atomic mass is 32.1. The minimum Gasteiger partial charge on any atom is -0.393 e. The van der Waals surface area contributed by atoms with E-state index in [9.17, 15) is 5.11 Å². The third-order valence-electron chi connectivity index (χ3n) is 3.66. The van der Waals surface area contributed by atoms with Gasteiger partial charge in [0.15, 0.2) is 4.77 Å². The van der Waals surface area contributed by atoms with E-state index < -0.39 is 0 Å². The zero-order valence-electron chi connectivity index (χ0n) is 9.60. The molecule has 2 N–H and O–H groups in total. The number of H-pyrrole nitrogens is 1. The van der Waals surface area contributed by atoms with Gasteiger partial charge >= 0.3 is 0 Å². The van der Waals surface area contributed by atoms with Gasteiger partial charge in [0.2, 0.25) is 0 Å². The van der Waals surface area contributed by atoms with Crippen molar-refractivity contribution in [2.75, 3.05) is 0 Å². The van der Waals surface area contributed by atoms with Crippen LogP contribution in [-0.2, 0) is 0 Å². The topological polar surface area (TPSA) is 41.0 Å². The fraction of sp³-hybridized carbons (Fsp3) is 0.462. The molecule has 90 valence electrons. The molecule has 1 saturated carbocycles. The Bertz CT molecular complexity index is 578. The van der Waals surface area contributed by atoms with Crippen molar-refractivity contribution in [2.24, 2.45) is 0 Å². The van der Waals surface area contributed by atoms with E-state index in [2.05, 4.69) is 21.7 Å². The molecule has 1 heterocycles. The van der Waals surface area contributed by atoms with Crippen molar-refractivity contribution in [3.63, 3.8) is 0 Å². The first kappa shape index (κ1) is 11.0. The van der Waals surface area contributed by atoms with Crippen molar-refractivity contribution in [1.82, 2.24) is 9.55 Å². The number of hydrogen-bond acceptors (Lipinski definition) is 2. The summed E-state index contributed by atoms with van der Waals surface area (Å²) in [6, 6.07) is 8.65. The van der Waals surface area contributed by atoms with E-state index in [0.29, 0.717) is 6.04 Å². The van der Waals surface area contributed by atoms with Gasteiger partial charge < -0.3 is 14.7 Å². The number of aromatic nitrogens is 2. The predicted molar refractivity (Wildman–Crippen MR) is 70.6 cm³/mol. The van der Waals surface area contributed by atoms with Crippen LogP contribution in [0.1, 0.15) is 31.7 Å². The normalized spacial score (nSPS) is 25.2. The maximum absolute atomic E-state index is 9.56. The van der Waals surface area contributed by atoms with Crippen LogP contribution in [0.3, 0.4) is 0 Å². The van der Waals surface area contributed by atoms with Gasteiger partial charge in [0.05, 0.1) is 17.1 Å². The first-order valence-corrected chi connectivity index (χ1v) is 6.54. The number of para-hydroxylation sites is 2. The van der Waals surface area contributed by atoms with Crippen molar-refractivity contribution in [2.45, 2.75) is 37.8 Å². The average molecular weight is 248 g/mol. The molecule has 0 amide bonds. The molecule has 4 heteroatoms. The van der Waals surface area contributed by atoms with Gasteiger partial charge in [-0.2, -0.15) is 0 Å². The zero-order chi connectivity index (χ0) is 11.8. The molecule has 2 aromatic rings. The lowest BCUT2D eigenvalue weighted by Gasteiger charge is -2.26. The average Bonchev–Trinajstić information content (AvgIpc) is 2.66. The van der Waals surface area contributed by atoms with E-state index in [4.69, 9.17) is 12.2 Å². The highest BCUT2D eigenvalue weighted by molar-refractivity contribution is 7.71. The largest absolute Gasteiger partial charge is 0.393 e. The number of imidazole rings is 1. The highest BCUT2D eigenvalue weighted by Crippen LogP contribution is 2.31. The summed E-state index contributed by atoms with van der Waals surface area (Å²) in [5, 5.41) is 9.56. The number of aliphatic hydroxyl groups excluding tert-OH is 1. The molecule has 1 aliphatic rings. The van der Waals surface area contributed by atoms with E-state index >= 15 is 0 Å². The maximum atomic E-state index is 9.56. The van der Waals surface area contributed by atoms with Gasteiger partial charge in [-0.1, -0.05) is 12.1 Å². The third-order valence-corrected chi connectivity index (χ3v) is 3.95. The fourth-order valence-electron chi connectivity index (χ4n) is 2.75. The molecule has 1 aromatic carbocycles. The zero-order valence-corrected chi connectivity index (χ0v) is 10.4. The van der Waals surface area contributed by atoms with Gasteiger partial charge in [0.25, 0.3) is 0 Å². The van der Waals surface area contributed by atoms with E-state index in [1.165, 1.54) is 5.52 Å². The molecule has 0 unspecified atom stereocenters. The summed E-state index contributed by atoms with van der Waals surface area (Å²) in [4.78, 5) is 3.25. The van der Waals surface area contributed by atoms with Crippen LogP contribution in [0, 0.1) is 4.77 Å². The molecule has 0 saturated heterocycles. The Morgan fingerprint density at radius 2 is 1.88 bits per heavy atom. The van der Waals surface area contributed by atoms with Gasteiger partial charge in [-0.15, -0.1) is 0 Å². The second-order valence-electron chi connectivity index (χ2n) is 4.78. The fourth-order valence-corrected chi connectivity index (χ4v) is 3.11. The quantitative estimate of drug-likeness (QED) is 0.761. The van der Waals surface area contributed by atoms with E-state index in [1.807, 2.05) is 12.1 Å². The smallest absolute Gasteiger partial charge is 0.178 e. The number of nitrogens with zero attached hydrogens (tertiary/aromatic N) is 1. The van der Waals surface area contributed by atoms with E-state index in [-0.39, 0.29) is 6.10 Å². The first-order chi connectivity index (χ1) is 8.25. The Morgan fingerprint density at radius 3 is 2.65 bits per heavy atom. The van der Waals surface area contributed by atoms with Crippen molar-refractivity contribution < 1.29 is 5.11 Å². The molecule has 17 heavy (non-hydrogen) atoms. The van der Waals surface area contributed by atoms with Gasteiger partial charge in [-0.25, -0.2) is 0 Å². The van der Waals surface area contributed by atoms with Crippen LogP contribution in [0.2, 0.25) is 0 Å². The van der Waals surface area contributed by atoms with Crippen LogP contribution in [0.5, 0.6) is 0 Å². The Kier molecular flexibility index (Phi) is 2.76. The third kappa shape index (κ3) is 1.91. The number of nitrogens with one attached hydrogen (secondary N) is 1. The van der Waals surface area contributed by atoms with Gasteiger partial charge in [-0.05, 0) is 50.0 Å². The number of rotatable bonds is 1. The lowest BCUT2D eigenvalue weighted by Crippen LogP contribution is -2.21. The summed E-state index contributed by atoms with van der Waals surface area (Å²) in [6.45, 7) is 0. The summed E-state index contributed by atoms with van der Waals surface area (Å²) in [6.07, 6.45) is 3.66. The molecule has 0 aliphatic heterocycles. The minimum atomic E-state index is -0.120. The summed E-state index contributed by atoms with van der Waals surface area (Å²) >= 11 is 5.41. The van der Waals surface area contributed by atoms with Crippen LogP contribution >= 0.6 is 12.2 Å². The molecule has 1 fully saturated rings. The Labute approximate surface area is 105 Å². The second kappa shape index (κ2) is 4.27. The summed E-state index contributed by atoms with van der Waals surface area (Å²) < 4.78 is 3.02. The molecular weight excluding hydrogens is 232 g/mol. The van der Waals surface area contributed by atoms with E-state index in [1.54, 1.807) is 0 Å². The molecule has 0 bridgehead atoms. The lowest BCUT2D eigenvalue weighted by atomic mass is 9.93. The second-order valence-corrected chi connectivity index (χ2v) is 5.17. The molecule has 0 spiro atoms. The van der Waals surface area contributed by atoms with Crippen LogP contribution in [0.4, 0.5) is 0 Å². The Balaban J connectivity index is 2.05. The minimum absolute atomic E-state index is 0.120. The number of fused-ring (bicyclic) bond motifs is 1. The van der Waals surface area contributed by atoms with Crippen LogP contribution in [0.25, 0.3) is 11.0 Å². The monoisotopic (exact) mass is 248 g/mol. The number of aliphatic hydroxyl groups is 1. The van der Waals surface area contributed by atoms with Crippen LogP contribution in [-0.4, -0.2) is 20.8 Å². The van der Waals surface area contributed by atoms with Gasteiger partial charge in [0, 0.05) is 6.04 Å². The van der Waals surface area contributed by atoms with Crippen LogP contribution < -0.4 is 0 Å². The number of aromatic amines is 1. The van der Waals surface area contributed by atoms with Crippen molar-refractivity contribution in [3.05, 3.63) is 29.0 Å². The maximum Gasteiger partial charge on any atom is 0.178 e. The number of hydrogen-bond donors (Lipinski definition) is 2. The molecular formula is C13H16N2OS.